The third kappa shape index (κ3) is 3.68. The van der Waals surface area contributed by atoms with Crippen LogP contribution in [-0.2, 0) is 14.6 Å². The molecule has 0 aromatic carbocycles. The zero-order chi connectivity index (χ0) is 14.8. The lowest BCUT2D eigenvalue weighted by Crippen LogP contribution is -2.57. The molecule has 2 rings (SSSR count). The summed E-state index contributed by atoms with van der Waals surface area (Å²) in [6.07, 6.45) is 4.24. The number of carbonyl (C=O) groups is 1. The molecule has 0 bridgehead atoms. The maximum absolute atomic E-state index is 12.7. The molecule has 5 nitrogen and oxygen atoms in total. The maximum Gasteiger partial charge on any atom is 0.240 e. The summed E-state index contributed by atoms with van der Waals surface area (Å²) < 4.78 is 23.8. The molecule has 0 aliphatic carbocycles. The number of nitrogens with one attached hydrogen (secondary N) is 1. The fourth-order valence-electron chi connectivity index (χ4n) is 2.94. The number of rotatable bonds is 3. The average Bonchev–Trinajstić information content (AvgIpc) is 2.45. The molecule has 2 aliphatic rings. The highest BCUT2D eigenvalue weighted by Crippen LogP contribution is 2.25. The minimum absolute atomic E-state index is 0.0288. The van der Waals surface area contributed by atoms with Gasteiger partial charge in [0, 0.05) is 24.3 Å². The van der Waals surface area contributed by atoms with E-state index in [1.807, 2.05) is 0 Å². The van der Waals surface area contributed by atoms with Crippen molar-refractivity contribution in [2.75, 3.05) is 30.9 Å². The van der Waals surface area contributed by atoms with Crippen LogP contribution in [0.3, 0.4) is 0 Å². The number of sulfone groups is 1. The van der Waals surface area contributed by atoms with Crippen molar-refractivity contribution in [2.24, 2.45) is 5.92 Å². The number of nitrogens with zero attached hydrogens (tertiary/aromatic N) is 1. The largest absolute Gasteiger partial charge is 0.323 e. The molecule has 0 aromatic rings. The van der Waals surface area contributed by atoms with Crippen molar-refractivity contribution in [1.29, 1.82) is 0 Å². The molecule has 7 heteroatoms. The summed E-state index contributed by atoms with van der Waals surface area (Å²) in [7, 11) is -3.22. The van der Waals surface area contributed by atoms with Gasteiger partial charge in [-0.25, -0.2) is 8.42 Å². The second-order valence-corrected chi connectivity index (χ2v) is 9.05. The first kappa shape index (κ1) is 16.1. The van der Waals surface area contributed by atoms with Crippen LogP contribution in [0.2, 0.25) is 0 Å². The van der Waals surface area contributed by atoms with Crippen LogP contribution in [0.4, 0.5) is 0 Å². The summed E-state index contributed by atoms with van der Waals surface area (Å²) in [5, 5.41) is 2.60. The summed E-state index contributed by atoms with van der Waals surface area (Å²) >= 11 is 1.61. The number of amides is 1. The van der Waals surface area contributed by atoms with Gasteiger partial charge in [-0.05, 0) is 25.3 Å². The van der Waals surface area contributed by atoms with E-state index in [1.165, 1.54) is 6.26 Å². The molecule has 0 radical (unpaired) electrons. The standard InChI is InChI=1S/C13H24N2O3S2/c1-3-10-4-5-14-11(8-10)13(16)15-6-7-19-9-12(15)20(2,17)18/h10-12,14H,3-9H2,1-2H3. The average molecular weight is 320 g/mol. The lowest BCUT2D eigenvalue weighted by molar-refractivity contribution is -0.134. The van der Waals surface area contributed by atoms with Crippen molar-refractivity contribution in [2.45, 2.75) is 37.6 Å². The Morgan fingerprint density at radius 2 is 2.20 bits per heavy atom. The third-order valence-corrected chi connectivity index (χ3v) is 6.89. The van der Waals surface area contributed by atoms with Crippen LogP contribution in [0.1, 0.15) is 26.2 Å². The second-order valence-electron chi connectivity index (χ2n) is 5.70. The molecule has 20 heavy (non-hydrogen) atoms. The molecule has 2 heterocycles. The van der Waals surface area contributed by atoms with Crippen LogP contribution < -0.4 is 5.32 Å². The zero-order valence-electron chi connectivity index (χ0n) is 12.2. The zero-order valence-corrected chi connectivity index (χ0v) is 13.8. The van der Waals surface area contributed by atoms with E-state index in [1.54, 1.807) is 16.7 Å². The van der Waals surface area contributed by atoms with Gasteiger partial charge in [0.15, 0.2) is 9.84 Å². The molecular weight excluding hydrogens is 296 g/mol. The molecule has 0 aromatic heterocycles. The van der Waals surface area contributed by atoms with Gasteiger partial charge in [0.05, 0.1) is 6.04 Å². The molecule has 0 spiro atoms. The van der Waals surface area contributed by atoms with E-state index in [2.05, 4.69) is 12.2 Å². The quantitative estimate of drug-likeness (QED) is 0.830. The highest BCUT2D eigenvalue weighted by Gasteiger charge is 2.38. The van der Waals surface area contributed by atoms with Crippen molar-refractivity contribution in [1.82, 2.24) is 10.2 Å². The molecule has 1 N–H and O–H groups in total. The Balaban J connectivity index is 2.09. The highest BCUT2D eigenvalue weighted by atomic mass is 32.2. The molecule has 3 unspecified atom stereocenters. The minimum atomic E-state index is -3.22. The summed E-state index contributed by atoms with van der Waals surface area (Å²) in [5.41, 5.74) is 0. The van der Waals surface area contributed by atoms with Crippen LogP contribution in [0, 0.1) is 5.92 Å². The normalized spacial score (nSPS) is 32.1. The first-order chi connectivity index (χ1) is 9.43. The summed E-state index contributed by atoms with van der Waals surface area (Å²) in [5.74, 6) is 1.86. The van der Waals surface area contributed by atoms with Crippen molar-refractivity contribution in [3.05, 3.63) is 0 Å². The molecular formula is C13H24N2O3S2. The van der Waals surface area contributed by atoms with Crippen molar-refractivity contribution in [3.8, 4) is 0 Å². The number of hydrogen-bond acceptors (Lipinski definition) is 5. The Kier molecular flexibility index (Phi) is 5.36. The topological polar surface area (TPSA) is 66.5 Å². The van der Waals surface area contributed by atoms with E-state index in [0.717, 1.165) is 31.6 Å². The monoisotopic (exact) mass is 320 g/mol. The van der Waals surface area contributed by atoms with Crippen molar-refractivity contribution < 1.29 is 13.2 Å². The summed E-state index contributed by atoms with van der Waals surface area (Å²) in [6, 6.07) is -0.207. The Hall–Kier alpha value is -0.270. The van der Waals surface area contributed by atoms with E-state index in [9.17, 15) is 13.2 Å². The second kappa shape index (κ2) is 6.66. The minimum Gasteiger partial charge on any atom is -0.323 e. The van der Waals surface area contributed by atoms with Crippen molar-refractivity contribution >= 4 is 27.5 Å². The first-order valence-corrected chi connectivity index (χ1v) is 10.3. The van der Waals surface area contributed by atoms with Crippen molar-refractivity contribution in [3.63, 3.8) is 0 Å². The predicted octanol–water partition coefficient (Wildman–Crippen LogP) is 0.711. The van der Waals surface area contributed by atoms with Crippen LogP contribution in [0.25, 0.3) is 0 Å². The SMILES string of the molecule is CCC1CCNC(C(=O)N2CCSCC2S(C)(=O)=O)C1. The number of hydrogen-bond donors (Lipinski definition) is 1. The Morgan fingerprint density at radius 3 is 2.85 bits per heavy atom. The van der Waals surface area contributed by atoms with E-state index >= 15 is 0 Å². The Bertz CT molecular complexity index is 453. The van der Waals surface area contributed by atoms with Crippen LogP contribution in [0.15, 0.2) is 0 Å². The van der Waals surface area contributed by atoms with Gasteiger partial charge >= 0.3 is 0 Å². The predicted molar refractivity (Wildman–Crippen MR) is 82.5 cm³/mol. The van der Waals surface area contributed by atoms with E-state index < -0.39 is 15.2 Å². The number of piperidine rings is 1. The molecule has 2 saturated heterocycles. The maximum atomic E-state index is 12.7. The van der Waals surface area contributed by atoms with Crippen LogP contribution in [-0.4, -0.2) is 61.5 Å². The molecule has 3 atom stereocenters. The van der Waals surface area contributed by atoms with E-state index in [0.29, 0.717) is 18.2 Å². The van der Waals surface area contributed by atoms with Gasteiger partial charge in [-0.1, -0.05) is 13.3 Å². The smallest absolute Gasteiger partial charge is 0.240 e. The van der Waals surface area contributed by atoms with Gasteiger partial charge in [-0.3, -0.25) is 4.79 Å². The number of thioether (sulfide) groups is 1. The fourth-order valence-corrected chi connectivity index (χ4v) is 5.77. The summed E-state index contributed by atoms with van der Waals surface area (Å²) in [4.78, 5) is 14.2. The third-order valence-electron chi connectivity index (χ3n) is 4.25. The molecule has 2 aliphatic heterocycles. The van der Waals surface area contributed by atoms with Gasteiger partial charge in [-0.15, -0.1) is 0 Å². The Morgan fingerprint density at radius 1 is 1.45 bits per heavy atom. The lowest BCUT2D eigenvalue weighted by atomic mass is 9.90. The lowest BCUT2D eigenvalue weighted by Gasteiger charge is -2.38. The van der Waals surface area contributed by atoms with Gasteiger partial charge in [0.2, 0.25) is 5.91 Å². The fraction of sp³-hybridized carbons (Fsp3) is 0.923. The van der Waals surface area contributed by atoms with Gasteiger partial charge in [0.1, 0.15) is 5.37 Å². The van der Waals surface area contributed by atoms with Crippen LogP contribution >= 0.6 is 11.8 Å². The van der Waals surface area contributed by atoms with Gasteiger partial charge in [0.25, 0.3) is 0 Å². The van der Waals surface area contributed by atoms with Gasteiger partial charge in [-0.2, -0.15) is 11.8 Å². The molecule has 1 amide bonds. The van der Waals surface area contributed by atoms with E-state index in [-0.39, 0.29) is 11.9 Å². The number of carbonyl (C=O) groups excluding carboxylic acids is 1. The molecule has 116 valence electrons. The Labute approximate surface area is 125 Å². The molecule has 2 fully saturated rings. The van der Waals surface area contributed by atoms with Crippen LogP contribution in [0.5, 0.6) is 0 Å². The van der Waals surface area contributed by atoms with Gasteiger partial charge < -0.3 is 10.2 Å². The first-order valence-electron chi connectivity index (χ1n) is 7.24. The summed E-state index contributed by atoms with van der Waals surface area (Å²) in [6.45, 7) is 3.53. The van der Waals surface area contributed by atoms with E-state index in [4.69, 9.17) is 0 Å². The highest BCUT2D eigenvalue weighted by molar-refractivity contribution is 8.00. The molecule has 0 saturated carbocycles.